The summed E-state index contributed by atoms with van der Waals surface area (Å²) in [5, 5.41) is 128. The molecule has 12 N–H and O–H groups in total. The van der Waals surface area contributed by atoms with Gasteiger partial charge in [0.15, 0.2) is 0 Å². The molecule has 0 bridgehead atoms. The Morgan fingerprint density at radius 2 is 0.685 bits per heavy atom. The third kappa shape index (κ3) is 7.74. The number of phenols is 4. The molecule has 6 aromatic carbocycles. The molecule has 0 spiro atoms. The molecule has 1 aliphatic carbocycles. The number of aliphatic hydroxyl groups excluding tert-OH is 8. The van der Waals surface area contributed by atoms with Gasteiger partial charge in [-0.1, -0.05) is 36.4 Å². The van der Waals surface area contributed by atoms with E-state index >= 15 is 0 Å². The maximum Gasteiger partial charge on any atom is 0.229 e. The van der Waals surface area contributed by atoms with Gasteiger partial charge >= 0.3 is 0 Å². The first kappa shape index (κ1) is 47.1. The van der Waals surface area contributed by atoms with Gasteiger partial charge in [0.05, 0.1) is 31.0 Å². The molecular formula is C54H50O19. The van der Waals surface area contributed by atoms with Gasteiger partial charge in [0.2, 0.25) is 12.6 Å². The summed E-state index contributed by atoms with van der Waals surface area (Å²) in [6.45, 7) is -1.28. The Balaban J connectivity index is 0.999. The number of benzene rings is 6. The van der Waals surface area contributed by atoms with Crippen LogP contribution in [0.4, 0.5) is 0 Å². The van der Waals surface area contributed by atoms with Crippen LogP contribution in [0.2, 0.25) is 0 Å². The van der Waals surface area contributed by atoms with E-state index in [1.807, 2.05) is 0 Å². The number of fused-ring (bicyclic) bond motifs is 3. The molecule has 12 rings (SSSR count). The van der Waals surface area contributed by atoms with Crippen molar-refractivity contribution >= 4 is 0 Å². The predicted molar refractivity (Wildman–Crippen MR) is 250 cm³/mol. The second kappa shape index (κ2) is 18.0. The molecule has 5 aliphatic heterocycles. The summed E-state index contributed by atoms with van der Waals surface area (Å²) in [5.74, 6) is -1.06. The van der Waals surface area contributed by atoms with Gasteiger partial charge in [-0.15, -0.1) is 0 Å². The van der Waals surface area contributed by atoms with Gasteiger partial charge in [-0.05, 0) is 88.0 Å². The monoisotopic (exact) mass is 1000 g/mol. The highest BCUT2D eigenvalue weighted by molar-refractivity contribution is 5.70. The molecule has 19 nitrogen and oxygen atoms in total. The van der Waals surface area contributed by atoms with Crippen molar-refractivity contribution in [2.45, 2.75) is 97.5 Å². The van der Waals surface area contributed by atoms with E-state index in [2.05, 4.69) is 0 Å². The Labute approximate surface area is 415 Å². The van der Waals surface area contributed by atoms with E-state index in [0.29, 0.717) is 67.3 Å². The Kier molecular flexibility index (Phi) is 11.6. The van der Waals surface area contributed by atoms with Crippen LogP contribution in [-0.2, 0) is 9.47 Å². The first-order valence-corrected chi connectivity index (χ1v) is 23.7. The lowest BCUT2D eigenvalue weighted by Crippen LogP contribution is -2.60. The van der Waals surface area contributed by atoms with Crippen molar-refractivity contribution < 1.29 is 94.4 Å². The van der Waals surface area contributed by atoms with Crippen LogP contribution in [0.15, 0.2) is 109 Å². The van der Waals surface area contributed by atoms with Crippen LogP contribution in [0, 0.1) is 0 Å². The third-order valence-electron chi connectivity index (χ3n) is 14.9. The standard InChI is InChI=1S/C54H50O19/c55-19-36-44(61)46(63)48(65)53(72-36)67-28-9-3-22(4-10-28)51-42-31-14-26(59)16-33-38(31)41(50(69-33)21-1-7-24(57)8-2-21)30-13-25(58)17-34-39(30)43(32-15-27(60)18-35(71-51)40(32)42)52(70-34)23-5-11-29(12-6-23)68-54-49(66)47(64)45(62)37(20-56)73-54/h1-18,36-37,41-66H,19-20H2/t36-,37-,41-,42+,43-,44-,45-,46+,47+,48-,49-,50+,51-,52+,53-,54-/m1/s1. The second-order valence-electron chi connectivity index (χ2n) is 19.2. The Bertz CT molecular complexity index is 2970. The van der Waals surface area contributed by atoms with Crippen molar-refractivity contribution in [1.82, 2.24) is 0 Å². The molecule has 16 atom stereocenters. The van der Waals surface area contributed by atoms with E-state index < -0.39 is 111 Å². The van der Waals surface area contributed by atoms with Crippen molar-refractivity contribution in [3.05, 3.63) is 159 Å². The minimum atomic E-state index is -1.66. The van der Waals surface area contributed by atoms with E-state index in [0.717, 1.165) is 0 Å². The summed E-state index contributed by atoms with van der Waals surface area (Å²) < 4.78 is 43.8. The lowest BCUT2D eigenvalue weighted by molar-refractivity contribution is -0.277. The maximum atomic E-state index is 11.7. The molecule has 0 saturated carbocycles. The van der Waals surface area contributed by atoms with Crippen LogP contribution in [0.1, 0.15) is 86.1 Å². The molecule has 19 heteroatoms. The number of aliphatic hydroxyl groups is 8. The van der Waals surface area contributed by atoms with Crippen molar-refractivity contribution in [2.75, 3.05) is 13.2 Å². The summed E-state index contributed by atoms with van der Waals surface area (Å²) in [7, 11) is 0. The molecule has 0 aromatic heterocycles. The predicted octanol–water partition coefficient (Wildman–Crippen LogP) is 2.98. The normalized spacial score (nSPS) is 32.4. The molecule has 5 heterocycles. The molecule has 0 amide bonds. The van der Waals surface area contributed by atoms with Crippen LogP contribution in [0.25, 0.3) is 0 Å². The fourth-order valence-corrected chi connectivity index (χ4v) is 11.5. The van der Waals surface area contributed by atoms with Crippen LogP contribution in [0.5, 0.6) is 51.7 Å². The van der Waals surface area contributed by atoms with E-state index in [1.54, 1.807) is 91.0 Å². The zero-order chi connectivity index (χ0) is 50.7. The highest BCUT2D eigenvalue weighted by Crippen LogP contribution is 2.66. The first-order valence-electron chi connectivity index (χ1n) is 23.7. The number of ether oxygens (including phenoxy) is 7. The number of rotatable bonds is 9. The lowest BCUT2D eigenvalue weighted by Gasteiger charge is -2.39. The highest BCUT2D eigenvalue weighted by Gasteiger charge is 2.53. The van der Waals surface area contributed by atoms with Crippen molar-refractivity contribution in [2.24, 2.45) is 0 Å². The number of hydrogen-bond donors (Lipinski definition) is 12. The zero-order valence-electron chi connectivity index (χ0n) is 38.3. The number of hydrogen-bond acceptors (Lipinski definition) is 19. The quantitative estimate of drug-likeness (QED) is 0.0991. The fourth-order valence-electron chi connectivity index (χ4n) is 11.5. The van der Waals surface area contributed by atoms with Gasteiger partial charge in [0.1, 0.15) is 119 Å². The summed E-state index contributed by atoms with van der Waals surface area (Å²) in [4.78, 5) is 0. The highest BCUT2D eigenvalue weighted by atomic mass is 16.7. The summed E-state index contributed by atoms with van der Waals surface area (Å²) in [5.41, 5.74) is 5.73. The van der Waals surface area contributed by atoms with Crippen molar-refractivity contribution in [3.63, 3.8) is 0 Å². The molecule has 6 aliphatic rings. The van der Waals surface area contributed by atoms with Crippen LogP contribution >= 0.6 is 0 Å². The third-order valence-corrected chi connectivity index (χ3v) is 14.9. The summed E-state index contributed by atoms with van der Waals surface area (Å²) >= 11 is 0. The molecule has 0 unspecified atom stereocenters. The maximum absolute atomic E-state index is 11.7. The van der Waals surface area contributed by atoms with Crippen LogP contribution in [-0.4, -0.2) is 136 Å². The number of aromatic hydroxyl groups is 4. The largest absolute Gasteiger partial charge is 0.508 e. The molecule has 6 aromatic rings. The fraction of sp³-hybridized carbons (Fsp3) is 0.333. The van der Waals surface area contributed by atoms with Gasteiger partial charge in [0, 0.05) is 34.9 Å². The van der Waals surface area contributed by atoms with Gasteiger partial charge in [-0.25, -0.2) is 0 Å². The molecule has 380 valence electrons. The first-order chi connectivity index (χ1) is 35.2. The molecule has 0 radical (unpaired) electrons. The Hall–Kier alpha value is -6.88. The average Bonchev–Trinajstić information content (AvgIpc) is 4.09. The molecular weight excluding hydrogens is 953 g/mol. The molecule has 2 saturated heterocycles. The van der Waals surface area contributed by atoms with Gasteiger partial charge < -0.3 is 94.4 Å². The van der Waals surface area contributed by atoms with E-state index in [4.69, 9.17) is 33.2 Å². The lowest BCUT2D eigenvalue weighted by atomic mass is 9.76. The zero-order valence-corrected chi connectivity index (χ0v) is 38.3. The minimum absolute atomic E-state index is 0.0320. The van der Waals surface area contributed by atoms with Gasteiger partial charge in [-0.2, -0.15) is 0 Å². The van der Waals surface area contributed by atoms with Crippen molar-refractivity contribution in [3.8, 4) is 51.7 Å². The Morgan fingerprint density at radius 3 is 1.00 bits per heavy atom. The van der Waals surface area contributed by atoms with Gasteiger partial charge in [0.25, 0.3) is 0 Å². The number of phenolic OH excluding ortho intramolecular Hbond substituents is 4. The summed E-state index contributed by atoms with van der Waals surface area (Å²) in [6, 6.07) is 29.5. The van der Waals surface area contributed by atoms with E-state index in [-0.39, 0.29) is 34.5 Å². The van der Waals surface area contributed by atoms with Gasteiger partial charge in [-0.3, -0.25) is 0 Å². The summed E-state index contributed by atoms with van der Waals surface area (Å²) in [6.07, 6.45) is -17.5. The van der Waals surface area contributed by atoms with E-state index in [9.17, 15) is 61.3 Å². The smallest absolute Gasteiger partial charge is 0.229 e. The molecule has 2 fully saturated rings. The minimum Gasteiger partial charge on any atom is -0.508 e. The SMILES string of the molecule is OC[C@H]1O[C@@H](Oc2ccc([C@H]3Oc4cc(O)cc5c4[C@@H]3c3cc(O)cc4c3[C@@H](c3cc(O)cc6c3[C@@H]5[C@H](c3ccc(O[C@@H]5O[C@H](CO)[C@@H](O)[C@H](O)[C@H]5O)cc3)O6)[C@H](c3ccc(O)cc3)O4)cc2)[C@H](O)[C@@H](O)[C@@H]1O. The molecule has 73 heavy (non-hydrogen) atoms. The Morgan fingerprint density at radius 1 is 0.370 bits per heavy atom. The topological polar surface area (TPSA) is 307 Å². The van der Waals surface area contributed by atoms with Crippen LogP contribution < -0.4 is 23.7 Å². The van der Waals surface area contributed by atoms with Crippen molar-refractivity contribution in [1.29, 1.82) is 0 Å². The van der Waals surface area contributed by atoms with E-state index in [1.165, 1.54) is 18.2 Å². The average molecular weight is 1000 g/mol. The van der Waals surface area contributed by atoms with Crippen LogP contribution in [0.3, 0.4) is 0 Å². The second-order valence-corrected chi connectivity index (χ2v) is 19.2.